The van der Waals surface area contributed by atoms with Crippen LogP contribution in [0.4, 0.5) is 0 Å². The second-order valence-corrected chi connectivity index (χ2v) is 8.41. The molecule has 2 atom stereocenters. The minimum absolute atomic E-state index is 0.0436. The number of hydrogen-bond acceptors (Lipinski definition) is 4. The Labute approximate surface area is 132 Å². The van der Waals surface area contributed by atoms with Crippen LogP contribution in [0.15, 0.2) is 11.4 Å². The number of nitrogens with two attached hydrogens (primary N) is 1. The van der Waals surface area contributed by atoms with E-state index in [0.29, 0.717) is 5.92 Å². The van der Waals surface area contributed by atoms with Gasteiger partial charge in [0.05, 0.1) is 8.48 Å². The number of rotatable bonds is 2. The van der Waals surface area contributed by atoms with Gasteiger partial charge in [-0.1, -0.05) is 0 Å². The summed E-state index contributed by atoms with van der Waals surface area (Å²) in [4.78, 5) is 0. The van der Waals surface area contributed by atoms with Gasteiger partial charge in [0, 0.05) is 25.9 Å². The van der Waals surface area contributed by atoms with Crippen molar-refractivity contribution in [2.24, 2.45) is 11.7 Å². The molecule has 0 amide bonds. The summed E-state index contributed by atoms with van der Waals surface area (Å²) in [6.45, 7) is 2.51. The van der Waals surface area contributed by atoms with Crippen molar-refractivity contribution in [1.82, 2.24) is 0 Å². The van der Waals surface area contributed by atoms with Crippen molar-refractivity contribution in [2.45, 2.75) is 37.3 Å². The van der Waals surface area contributed by atoms with Gasteiger partial charge in [-0.15, -0.1) is 11.3 Å². The molecule has 2 aliphatic heterocycles. The van der Waals surface area contributed by atoms with Crippen LogP contribution in [0.2, 0.25) is 0 Å². The molecule has 1 aromatic heterocycles. The van der Waals surface area contributed by atoms with Crippen LogP contribution in [-0.4, -0.2) is 25.4 Å². The Morgan fingerprint density at radius 3 is 2.84 bits per heavy atom. The molecule has 2 unspecified atom stereocenters. The summed E-state index contributed by atoms with van der Waals surface area (Å²) in [6, 6.07) is 2.38. The minimum atomic E-state index is 0.0436. The van der Waals surface area contributed by atoms with Crippen LogP contribution in [0.25, 0.3) is 0 Å². The SMILES string of the molecule is NC(c1csc(I)c1)C1CCOC2(CCOCC2)C1. The lowest BCUT2D eigenvalue weighted by Gasteiger charge is -2.44. The van der Waals surface area contributed by atoms with Crippen molar-refractivity contribution in [1.29, 1.82) is 0 Å². The molecule has 0 saturated carbocycles. The summed E-state index contributed by atoms with van der Waals surface area (Å²) >= 11 is 4.14. The van der Waals surface area contributed by atoms with Gasteiger partial charge in [-0.05, 0) is 71.2 Å². The van der Waals surface area contributed by atoms with Crippen LogP contribution in [0, 0.1) is 8.80 Å². The summed E-state index contributed by atoms with van der Waals surface area (Å²) in [6.07, 6.45) is 4.22. The summed E-state index contributed by atoms with van der Waals surface area (Å²) in [5.74, 6) is 0.539. The average molecular weight is 393 g/mol. The molecule has 2 N–H and O–H groups in total. The smallest absolute Gasteiger partial charge is 0.0729 e. The molecule has 0 radical (unpaired) electrons. The second kappa shape index (κ2) is 5.97. The fraction of sp³-hybridized carbons (Fsp3) is 0.714. The number of hydrogen-bond donors (Lipinski definition) is 1. The molecule has 3 nitrogen and oxygen atoms in total. The Kier molecular flexibility index (Phi) is 4.48. The highest BCUT2D eigenvalue weighted by Gasteiger charge is 2.40. The largest absolute Gasteiger partial charge is 0.381 e. The molecule has 5 heteroatoms. The van der Waals surface area contributed by atoms with E-state index in [1.165, 1.54) is 8.45 Å². The van der Waals surface area contributed by atoms with Gasteiger partial charge in [-0.2, -0.15) is 0 Å². The fourth-order valence-electron chi connectivity index (χ4n) is 3.23. The van der Waals surface area contributed by atoms with Crippen LogP contribution >= 0.6 is 33.9 Å². The summed E-state index contributed by atoms with van der Waals surface area (Å²) in [7, 11) is 0. The zero-order valence-corrected chi connectivity index (χ0v) is 13.9. The van der Waals surface area contributed by atoms with Crippen molar-refractivity contribution in [3.05, 3.63) is 19.9 Å². The first-order chi connectivity index (χ1) is 9.19. The number of halogens is 1. The summed E-state index contributed by atoms with van der Waals surface area (Å²) in [5.41, 5.74) is 7.83. The highest BCUT2D eigenvalue weighted by Crippen LogP contribution is 2.41. The van der Waals surface area contributed by atoms with Gasteiger partial charge in [0.25, 0.3) is 0 Å². The molecule has 3 rings (SSSR count). The van der Waals surface area contributed by atoms with Crippen LogP contribution in [0.3, 0.4) is 0 Å². The van der Waals surface area contributed by atoms with E-state index in [4.69, 9.17) is 15.2 Å². The first-order valence-corrected chi connectivity index (χ1v) is 8.86. The van der Waals surface area contributed by atoms with E-state index in [0.717, 1.165) is 45.5 Å². The van der Waals surface area contributed by atoms with Gasteiger partial charge >= 0.3 is 0 Å². The Hall–Kier alpha value is 0.310. The van der Waals surface area contributed by atoms with E-state index in [-0.39, 0.29) is 11.6 Å². The van der Waals surface area contributed by atoms with Gasteiger partial charge in [0.2, 0.25) is 0 Å². The van der Waals surface area contributed by atoms with E-state index in [1.807, 2.05) is 0 Å². The molecule has 0 aliphatic carbocycles. The third-order valence-electron chi connectivity index (χ3n) is 4.42. The van der Waals surface area contributed by atoms with Crippen LogP contribution in [0.1, 0.15) is 37.3 Å². The Morgan fingerprint density at radius 1 is 1.37 bits per heavy atom. The van der Waals surface area contributed by atoms with Gasteiger partial charge in [-0.3, -0.25) is 0 Å². The third-order valence-corrected chi connectivity index (χ3v) is 6.22. The lowest BCUT2D eigenvalue weighted by atomic mass is 9.77. The Morgan fingerprint density at radius 2 is 2.16 bits per heavy atom. The summed E-state index contributed by atoms with van der Waals surface area (Å²) in [5, 5.41) is 2.21. The van der Waals surface area contributed by atoms with Crippen molar-refractivity contribution < 1.29 is 9.47 Å². The predicted octanol–water partition coefficient (Wildman–Crippen LogP) is 3.33. The third kappa shape index (κ3) is 3.15. The second-order valence-electron chi connectivity index (χ2n) is 5.61. The number of thiophene rings is 1. The number of ether oxygens (including phenoxy) is 2. The molecule has 2 fully saturated rings. The normalized spacial score (nSPS) is 28.4. The highest BCUT2D eigenvalue weighted by molar-refractivity contribution is 14.1. The predicted molar refractivity (Wildman–Crippen MR) is 85.4 cm³/mol. The van der Waals surface area contributed by atoms with E-state index in [1.54, 1.807) is 11.3 Å². The first-order valence-electron chi connectivity index (χ1n) is 6.90. The maximum Gasteiger partial charge on any atom is 0.0729 e. The molecule has 0 aromatic carbocycles. The minimum Gasteiger partial charge on any atom is -0.381 e. The molecule has 2 saturated heterocycles. The Balaban J connectivity index is 1.70. The van der Waals surface area contributed by atoms with Crippen molar-refractivity contribution in [3.63, 3.8) is 0 Å². The van der Waals surface area contributed by atoms with E-state index >= 15 is 0 Å². The average Bonchev–Trinajstić information content (AvgIpc) is 2.85. The van der Waals surface area contributed by atoms with Crippen LogP contribution < -0.4 is 5.73 Å². The van der Waals surface area contributed by atoms with Gasteiger partial charge < -0.3 is 15.2 Å². The molecule has 1 spiro atoms. The molecule has 106 valence electrons. The maximum absolute atomic E-state index is 6.49. The topological polar surface area (TPSA) is 44.5 Å². The zero-order valence-electron chi connectivity index (χ0n) is 10.9. The van der Waals surface area contributed by atoms with Crippen molar-refractivity contribution in [3.8, 4) is 0 Å². The van der Waals surface area contributed by atoms with Crippen LogP contribution in [0.5, 0.6) is 0 Å². The quantitative estimate of drug-likeness (QED) is 0.785. The molecule has 3 heterocycles. The first kappa shape index (κ1) is 14.3. The molecule has 1 aromatic rings. The fourth-order valence-corrected chi connectivity index (χ4v) is 4.65. The summed E-state index contributed by atoms with van der Waals surface area (Å²) < 4.78 is 12.9. The van der Waals surface area contributed by atoms with Crippen molar-refractivity contribution in [2.75, 3.05) is 19.8 Å². The molecular formula is C14H20INO2S. The monoisotopic (exact) mass is 393 g/mol. The molecule has 0 bridgehead atoms. The standard InChI is InChI=1S/C14H20INO2S/c15-12-7-11(9-19-12)13(16)10-1-4-18-14(8-10)2-5-17-6-3-14/h7,9-10,13H,1-6,8,16H2. The van der Waals surface area contributed by atoms with Gasteiger partial charge in [0.15, 0.2) is 0 Å². The molecular weight excluding hydrogens is 373 g/mol. The van der Waals surface area contributed by atoms with E-state index in [2.05, 4.69) is 34.0 Å². The van der Waals surface area contributed by atoms with Crippen LogP contribution in [-0.2, 0) is 9.47 Å². The van der Waals surface area contributed by atoms with Gasteiger partial charge in [-0.25, -0.2) is 0 Å². The van der Waals surface area contributed by atoms with E-state index in [9.17, 15) is 0 Å². The zero-order chi connectivity index (χ0) is 13.3. The molecule has 19 heavy (non-hydrogen) atoms. The lowest BCUT2D eigenvalue weighted by Crippen LogP contribution is -2.46. The highest BCUT2D eigenvalue weighted by atomic mass is 127. The van der Waals surface area contributed by atoms with Crippen molar-refractivity contribution >= 4 is 33.9 Å². The van der Waals surface area contributed by atoms with E-state index < -0.39 is 0 Å². The van der Waals surface area contributed by atoms with Gasteiger partial charge in [0.1, 0.15) is 0 Å². The maximum atomic E-state index is 6.49. The lowest BCUT2D eigenvalue weighted by molar-refractivity contribution is -0.149. The Bertz CT molecular complexity index is 425. The molecule has 2 aliphatic rings.